The van der Waals surface area contributed by atoms with E-state index in [0.717, 1.165) is 31.7 Å². The minimum atomic E-state index is 0.931. The van der Waals surface area contributed by atoms with E-state index in [4.69, 9.17) is 0 Å². The van der Waals surface area contributed by atoms with Crippen molar-refractivity contribution in [3.05, 3.63) is 41.5 Å². The van der Waals surface area contributed by atoms with Gasteiger partial charge in [-0.15, -0.1) is 0 Å². The normalized spacial score (nSPS) is 11.1. The van der Waals surface area contributed by atoms with Crippen LogP contribution in [0.15, 0.2) is 24.4 Å². The monoisotopic (exact) mass is 246 g/mol. The molecule has 4 nitrogen and oxygen atoms in total. The third-order valence-electron chi connectivity index (χ3n) is 3.18. The zero-order valence-electron chi connectivity index (χ0n) is 11.5. The molecule has 2 aromatic rings. The number of aryl methyl sites for hydroxylation is 4. The van der Waals surface area contributed by atoms with E-state index in [9.17, 15) is 0 Å². The summed E-state index contributed by atoms with van der Waals surface area (Å²) in [6, 6.07) is 6.35. The van der Waals surface area contributed by atoms with Gasteiger partial charge in [-0.1, -0.05) is 0 Å². The smallest absolute Gasteiger partial charge is 0.0596 e. The van der Waals surface area contributed by atoms with Crippen LogP contribution in [0.25, 0.3) is 0 Å². The minimum absolute atomic E-state index is 0.931. The molecule has 0 saturated carbocycles. The SMILES string of the molecule is Cc1cc(C)n(CCCNCc2cccn2C)n1. The van der Waals surface area contributed by atoms with E-state index in [1.54, 1.807) is 0 Å². The Kier molecular flexibility index (Phi) is 4.20. The third-order valence-corrected chi connectivity index (χ3v) is 3.18. The predicted octanol–water partition coefficient (Wildman–Crippen LogP) is 2.02. The molecule has 1 N–H and O–H groups in total. The van der Waals surface area contributed by atoms with Crippen molar-refractivity contribution >= 4 is 0 Å². The molecule has 0 spiro atoms. The summed E-state index contributed by atoms with van der Waals surface area (Å²) in [5.74, 6) is 0. The molecule has 98 valence electrons. The van der Waals surface area contributed by atoms with Gasteiger partial charge in [-0.05, 0) is 45.0 Å². The fraction of sp³-hybridized carbons (Fsp3) is 0.500. The number of nitrogens with zero attached hydrogens (tertiary/aromatic N) is 3. The van der Waals surface area contributed by atoms with Crippen molar-refractivity contribution in [2.24, 2.45) is 7.05 Å². The maximum Gasteiger partial charge on any atom is 0.0596 e. The number of nitrogens with one attached hydrogen (secondary N) is 1. The van der Waals surface area contributed by atoms with Gasteiger partial charge in [-0.3, -0.25) is 4.68 Å². The Morgan fingerprint density at radius 3 is 2.78 bits per heavy atom. The van der Waals surface area contributed by atoms with Crippen molar-refractivity contribution in [3.8, 4) is 0 Å². The Bertz CT molecular complexity index is 496. The first-order valence-electron chi connectivity index (χ1n) is 6.49. The van der Waals surface area contributed by atoms with Crippen LogP contribution in [-0.2, 0) is 20.1 Å². The fourth-order valence-electron chi connectivity index (χ4n) is 2.15. The molecule has 0 aliphatic rings. The standard InChI is InChI=1S/C14H22N4/c1-12-10-13(2)18(16-12)9-5-7-15-11-14-6-4-8-17(14)3/h4,6,8,10,15H,5,7,9,11H2,1-3H3. The van der Waals surface area contributed by atoms with Crippen LogP contribution in [0.1, 0.15) is 23.5 Å². The summed E-state index contributed by atoms with van der Waals surface area (Å²) >= 11 is 0. The summed E-state index contributed by atoms with van der Waals surface area (Å²) in [5.41, 5.74) is 3.67. The van der Waals surface area contributed by atoms with Gasteiger partial charge in [0.15, 0.2) is 0 Å². The lowest BCUT2D eigenvalue weighted by Gasteiger charge is -2.07. The average molecular weight is 246 g/mol. The first-order valence-corrected chi connectivity index (χ1v) is 6.49. The Balaban J connectivity index is 1.67. The van der Waals surface area contributed by atoms with Gasteiger partial charge in [0.2, 0.25) is 0 Å². The number of hydrogen-bond acceptors (Lipinski definition) is 2. The van der Waals surface area contributed by atoms with Gasteiger partial charge in [0.05, 0.1) is 5.69 Å². The Morgan fingerprint density at radius 2 is 2.17 bits per heavy atom. The topological polar surface area (TPSA) is 34.8 Å². The number of aromatic nitrogens is 3. The number of rotatable bonds is 6. The van der Waals surface area contributed by atoms with Crippen LogP contribution >= 0.6 is 0 Å². The Labute approximate surface area is 109 Å². The highest BCUT2D eigenvalue weighted by molar-refractivity contribution is 5.07. The second-order valence-corrected chi connectivity index (χ2v) is 4.79. The highest BCUT2D eigenvalue weighted by Crippen LogP contribution is 2.02. The molecule has 0 amide bonds. The summed E-state index contributed by atoms with van der Waals surface area (Å²) < 4.78 is 4.23. The van der Waals surface area contributed by atoms with Gasteiger partial charge >= 0.3 is 0 Å². The van der Waals surface area contributed by atoms with Crippen molar-refractivity contribution in [1.29, 1.82) is 0 Å². The van der Waals surface area contributed by atoms with Gasteiger partial charge in [-0.2, -0.15) is 5.10 Å². The molecular formula is C14H22N4. The van der Waals surface area contributed by atoms with Crippen molar-refractivity contribution in [3.63, 3.8) is 0 Å². The zero-order chi connectivity index (χ0) is 13.0. The minimum Gasteiger partial charge on any atom is -0.353 e. The van der Waals surface area contributed by atoms with Crippen LogP contribution in [-0.4, -0.2) is 20.9 Å². The van der Waals surface area contributed by atoms with Gasteiger partial charge in [0.1, 0.15) is 0 Å². The zero-order valence-corrected chi connectivity index (χ0v) is 11.5. The van der Waals surface area contributed by atoms with Crippen LogP contribution in [0.4, 0.5) is 0 Å². The molecule has 0 saturated heterocycles. The highest BCUT2D eigenvalue weighted by atomic mass is 15.3. The Morgan fingerprint density at radius 1 is 1.33 bits per heavy atom. The van der Waals surface area contributed by atoms with Crippen molar-refractivity contribution in [2.75, 3.05) is 6.54 Å². The van der Waals surface area contributed by atoms with Crippen LogP contribution in [0.2, 0.25) is 0 Å². The Hall–Kier alpha value is -1.55. The lowest BCUT2D eigenvalue weighted by atomic mass is 10.3. The molecule has 0 bridgehead atoms. The van der Waals surface area contributed by atoms with E-state index in [1.807, 2.05) is 6.92 Å². The lowest BCUT2D eigenvalue weighted by Crippen LogP contribution is -2.18. The summed E-state index contributed by atoms with van der Waals surface area (Å²) in [4.78, 5) is 0. The molecule has 2 heterocycles. The summed E-state index contributed by atoms with van der Waals surface area (Å²) in [7, 11) is 2.08. The van der Waals surface area contributed by atoms with Crippen molar-refractivity contribution < 1.29 is 0 Å². The van der Waals surface area contributed by atoms with E-state index in [0.29, 0.717) is 0 Å². The molecule has 4 heteroatoms. The largest absolute Gasteiger partial charge is 0.353 e. The molecule has 0 fully saturated rings. The molecule has 0 aliphatic heterocycles. The molecule has 0 unspecified atom stereocenters. The molecule has 0 radical (unpaired) electrons. The maximum atomic E-state index is 4.46. The molecular weight excluding hydrogens is 224 g/mol. The van der Waals surface area contributed by atoms with Crippen molar-refractivity contribution in [2.45, 2.75) is 33.4 Å². The summed E-state index contributed by atoms with van der Waals surface area (Å²) in [5, 5.41) is 7.92. The molecule has 2 aromatic heterocycles. The van der Waals surface area contributed by atoms with E-state index < -0.39 is 0 Å². The van der Waals surface area contributed by atoms with Gasteiger partial charge in [0.25, 0.3) is 0 Å². The third kappa shape index (κ3) is 3.23. The van der Waals surface area contributed by atoms with Gasteiger partial charge in [0, 0.05) is 37.7 Å². The lowest BCUT2D eigenvalue weighted by molar-refractivity contribution is 0.527. The molecule has 0 atom stereocenters. The van der Waals surface area contributed by atoms with Crippen LogP contribution in [0.3, 0.4) is 0 Å². The predicted molar refractivity (Wildman–Crippen MR) is 73.4 cm³/mol. The second kappa shape index (κ2) is 5.87. The first kappa shape index (κ1) is 12.9. The second-order valence-electron chi connectivity index (χ2n) is 4.79. The molecule has 2 rings (SSSR count). The summed E-state index contributed by atoms with van der Waals surface area (Å²) in [6.07, 6.45) is 3.18. The van der Waals surface area contributed by atoms with Gasteiger partial charge in [-0.25, -0.2) is 0 Å². The molecule has 18 heavy (non-hydrogen) atoms. The maximum absolute atomic E-state index is 4.46. The van der Waals surface area contributed by atoms with Gasteiger partial charge < -0.3 is 9.88 Å². The summed E-state index contributed by atoms with van der Waals surface area (Å²) in [6.45, 7) is 7.08. The molecule has 0 aliphatic carbocycles. The quantitative estimate of drug-likeness (QED) is 0.791. The fourth-order valence-corrected chi connectivity index (χ4v) is 2.15. The number of hydrogen-bond donors (Lipinski definition) is 1. The average Bonchev–Trinajstić information content (AvgIpc) is 2.86. The van der Waals surface area contributed by atoms with Crippen LogP contribution < -0.4 is 5.32 Å². The van der Waals surface area contributed by atoms with E-state index in [-0.39, 0.29) is 0 Å². The van der Waals surface area contributed by atoms with Crippen LogP contribution in [0.5, 0.6) is 0 Å². The van der Waals surface area contributed by atoms with E-state index in [2.05, 4.69) is 58.0 Å². The highest BCUT2D eigenvalue weighted by Gasteiger charge is 2.00. The van der Waals surface area contributed by atoms with Crippen LogP contribution in [0, 0.1) is 13.8 Å². The van der Waals surface area contributed by atoms with Crippen molar-refractivity contribution in [1.82, 2.24) is 19.7 Å². The first-order chi connectivity index (χ1) is 8.66. The van der Waals surface area contributed by atoms with E-state index in [1.165, 1.54) is 11.4 Å². The molecule has 0 aromatic carbocycles. The van der Waals surface area contributed by atoms with E-state index >= 15 is 0 Å².